The topological polar surface area (TPSA) is 59.7 Å². The van der Waals surface area contributed by atoms with Gasteiger partial charge >= 0.3 is 0 Å². The van der Waals surface area contributed by atoms with Gasteiger partial charge in [-0.05, 0) is 31.2 Å². The molecule has 0 bridgehead atoms. The molecule has 1 N–H and O–H groups in total. The van der Waals surface area contributed by atoms with Crippen LogP contribution in [0, 0.1) is 6.92 Å². The van der Waals surface area contributed by atoms with Gasteiger partial charge in [-0.25, -0.2) is 0 Å². The fourth-order valence-electron chi connectivity index (χ4n) is 1.88. The number of allylic oxidation sites excluding steroid dienone is 1. The first-order valence-electron chi connectivity index (χ1n) is 5.47. The number of aromatic hydroxyl groups is 1. The van der Waals surface area contributed by atoms with Crippen LogP contribution in [0.1, 0.15) is 21.7 Å². The van der Waals surface area contributed by atoms with Gasteiger partial charge in [-0.15, -0.1) is 0 Å². The van der Waals surface area contributed by atoms with Crippen LogP contribution in [0.5, 0.6) is 11.5 Å². The normalized spacial score (nSPS) is 15.8. The summed E-state index contributed by atoms with van der Waals surface area (Å²) < 4.78 is 10.6. The summed E-state index contributed by atoms with van der Waals surface area (Å²) in [5.74, 6) is 1.07. The number of hydrogen-bond acceptors (Lipinski definition) is 4. The first-order chi connectivity index (χ1) is 8.66. The van der Waals surface area contributed by atoms with Crippen LogP contribution in [-0.2, 0) is 0 Å². The number of carbonyl (C=O) groups excluding carboxylic acids is 1. The van der Waals surface area contributed by atoms with Crippen molar-refractivity contribution in [1.82, 2.24) is 0 Å². The Labute approximate surface area is 103 Å². The van der Waals surface area contributed by atoms with E-state index in [2.05, 4.69) is 0 Å². The van der Waals surface area contributed by atoms with Crippen molar-refractivity contribution in [3.05, 3.63) is 53.2 Å². The second-order valence-electron chi connectivity index (χ2n) is 4.04. The SMILES string of the molecule is Cc1c(O)ccc2c1OC(=Cc1ccco1)C2=O. The fourth-order valence-corrected chi connectivity index (χ4v) is 1.88. The number of ether oxygens (including phenoxy) is 1. The molecule has 1 aliphatic rings. The monoisotopic (exact) mass is 242 g/mol. The number of hydrogen-bond donors (Lipinski definition) is 1. The molecule has 4 heteroatoms. The van der Waals surface area contributed by atoms with Gasteiger partial charge in [-0.1, -0.05) is 0 Å². The molecule has 0 unspecified atom stereocenters. The van der Waals surface area contributed by atoms with Crippen LogP contribution in [0.3, 0.4) is 0 Å². The van der Waals surface area contributed by atoms with Crippen LogP contribution in [0.4, 0.5) is 0 Å². The molecule has 0 atom stereocenters. The summed E-state index contributed by atoms with van der Waals surface area (Å²) in [6.07, 6.45) is 3.06. The lowest BCUT2D eigenvalue weighted by atomic mass is 10.1. The molecule has 0 radical (unpaired) electrons. The van der Waals surface area contributed by atoms with Crippen LogP contribution >= 0.6 is 0 Å². The Bertz CT molecular complexity index is 651. The highest BCUT2D eigenvalue weighted by Gasteiger charge is 2.29. The highest BCUT2D eigenvalue weighted by atomic mass is 16.5. The van der Waals surface area contributed by atoms with Gasteiger partial charge in [-0.3, -0.25) is 4.79 Å². The average Bonchev–Trinajstić information content (AvgIpc) is 2.95. The molecular formula is C14H10O4. The largest absolute Gasteiger partial charge is 0.508 e. The Balaban J connectivity index is 2.07. The summed E-state index contributed by atoms with van der Waals surface area (Å²) >= 11 is 0. The maximum absolute atomic E-state index is 12.1. The molecule has 0 spiro atoms. The van der Waals surface area contributed by atoms with E-state index in [9.17, 15) is 9.90 Å². The minimum absolute atomic E-state index is 0.112. The predicted octanol–water partition coefficient (Wildman–Crippen LogP) is 2.91. The van der Waals surface area contributed by atoms with Gasteiger partial charge in [0.05, 0.1) is 11.8 Å². The van der Waals surface area contributed by atoms with E-state index >= 15 is 0 Å². The van der Waals surface area contributed by atoms with Crippen molar-refractivity contribution in [2.24, 2.45) is 0 Å². The van der Waals surface area contributed by atoms with Crippen LogP contribution in [-0.4, -0.2) is 10.9 Å². The third kappa shape index (κ3) is 1.50. The minimum atomic E-state index is -0.204. The minimum Gasteiger partial charge on any atom is -0.508 e. The van der Waals surface area contributed by atoms with E-state index in [1.165, 1.54) is 12.3 Å². The predicted molar refractivity (Wildman–Crippen MR) is 64.5 cm³/mol. The highest BCUT2D eigenvalue weighted by molar-refractivity contribution is 6.14. The number of benzene rings is 1. The molecule has 1 aliphatic heterocycles. The van der Waals surface area contributed by atoms with E-state index in [0.717, 1.165) is 0 Å². The highest BCUT2D eigenvalue weighted by Crippen LogP contribution is 2.38. The Kier molecular flexibility index (Phi) is 2.23. The zero-order chi connectivity index (χ0) is 12.7. The molecule has 2 heterocycles. The molecule has 0 aliphatic carbocycles. The summed E-state index contributed by atoms with van der Waals surface area (Å²) in [7, 11) is 0. The number of phenols is 1. The van der Waals surface area contributed by atoms with E-state index in [0.29, 0.717) is 22.6 Å². The number of fused-ring (bicyclic) bond motifs is 1. The van der Waals surface area contributed by atoms with Gasteiger partial charge in [-0.2, -0.15) is 0 Å². The molecule has 1 aromatic carbocycles. The van der Waals surface area contributed by atoms with E-state index in [-0.39, 0.29) is 17.3 Å². The van der Waals surface area contributed by atoms with Crippen molar-refractivity contribution in [2.45, 2.75) is 6.92 Å². The van der Waals surface area contributed by atoms with Crippen LogP contribution < -0.4 is 4.74 Å². The zero-order valence-electron chi connectivity index (χ0n) is 9.64. The summed E-state index contributed by atoms with van der Waals surface area (Å²) in [4.78, 5) is 12.1. The number of ketones is 1. The smallest absolute Gasteiger partial charge is 0.232 e. The first-order valence-corrected chi connectivity index (χ1v) is 5.47. The molecule has 2 aromatic rings. The Morgan fingerprint density at radius 1 is 1.28 bits per heavy atom. The van der Waals surface area contributed by atoms with Crippen molar-refractivity contribution >= 4 is 11.9 Å². The molecule has 4 nitrogen and oxygen atoms in total. The van der Waals surface area contributed by atoms with Crippen LogP contribution in [0.25, 0.3) is 6.08 Å². The van der Waals surface area contributed by atoms with E-state index in [1.807, 2.05) is 0 Å². The van der Waals surface area contributed by atoms with Crippen molar-refractivity contribution in [3.8, 4) is 11.5 Å². The molecule has 0 saturated carbocycles. The van der Waals surface area contributed by atoms with Crippen LogP contribution in [0.15, 0.2) is 40.7 Å². The summed E-state index contributed by atoms with van der Waals surface area (Å²) in [5, 5.41) is 9.58. The Morgan fingerprint density at radius 3 is 2.83 bits per heavy atom. The third-order valence-corrected chi connectivity index (χ3v) is 2.87. The van der Waals surface area contributed by atoms with Crippen molar-refractivity contribution in [2.75, 3.05) is 0 Å². The van der Waals surface area contributed by atoms with E-state index < -0.39 is 0 Å². The number of rotatable bonds is 1. The summed E-state index contributed by atoms with van der Waals surface area (Å²) in [5.41, 5.74) is 1.02. The third-order valence-electron chi connectivity index (χ3n) is 2.87. The average molecular weight is 242 g/mol. The molecule has 1 aromatic heterocycles. The van der Waals surface area contributed by atoms with Gasteiger partial charge in [0.1, 0.15) is 17.3 Å². The molecule has 0 fully saturated rings. The molecule has 3 rings (SSSR count). The number of phenolic OH excluding ortho intramolecular Hbond substituents is 1. The van der Waals surface area contributed by atoms with Gasteiger partial charge in [0.25, 0.3) is 0 Å². The molecule has 0 saturated heterocycles. The van der Waals surface area contributed by atoms with Crippen LogP contribution in [0.2, 0.25) is 0 Å². The standard InChI is InChI=1S/C14H10O4/c1-8-11(15)5-4-10-13(16)12(18-14(8)10)7-9-3-2-6-17-9/h2-7,15H,1H3. The molecular weight excluding hydrogens is 232 g/mol. The van der Waals surface area contributed by atoms with Gasteiger partial charge < -0.3 is 14.3 Å². The quantitative estimate of drug-likeness (QED) is 0.781. The van der Waals surface area contributed by atoms with Crippen molar-refractivity contribution < 1.29 is 19.1 Å². The number of carbonyl (C=O) groups is 1. The van der Waals surface area contributed by atoms with Gasteiger partial charge in [0.15, 0.2) is 5.76 Å². The zero-order valence-corrected chi connectivity index (χ0v) is 9.64. The molecule has 18 heavy (non-hydrogen) atoms. The van der Waals surface area contributed by atoms with Gasteiger partial charge in [0, 0.05) is 11.6 Å². The Hall–Kier alpha value is -2.49. The number of furan rings is 1. The van der Waals surface area contributed by atoms with E-state index in [4.69, 9.17) is 9.15 Å². The molecule has 0 amide bonds. The molecule has 90 valence electrons. The van der Waals surface area contributed by atoms with Gasteiger partial charge in [0.2, 0.25) is 5.78 Å². The van der Waals surface area contributed by atoms with Crippen molar-refractivity contribution in [3.63, 3.8) is 0 Å². The lowest BCUT2D eigenvalue weighted by Gasteiger charge is -2.03. The second-order valence-corrected chi connectivity index (χ2v) is 4.04. The summed E-state index contributed by atoms with van der Waals surface area (Å²) in [6, 6.07) is 6.52. The summed E-state index contributed by atoms with van der Waals surface area (Å²) in [6.45, 7) is 1.71. The van der Waals surface area contributed by atoms with E-state index in [1.54, 1.807) is 31.2 Å². The fraction of sp³-hybridized carbons (Fsp3) is 0.0714. The first kappa shape index (κ1) is 10.7. The Morgan fingerprint density at radius 2 is 2.11 bits per heavy atom. The maximum Gasteiger partial charge on any atom is 0.232 e. The second kappa shape index (κ2) is 3.77. The van der Waals surface area contributed by atoms with Crippen molar-refractivity contribution in [1.29, 1.82) is 0 Å². The lowest BCUT2D eigenvalue weighted by molar-refractivity contribution is 0.101. The lowest BCUT2D eigenvalue weighted by Crippen LogP contribution is -1.97. The number of Topliss-reactive ketones (excluding diaryl/α,β-unsaturated/α-hetero) is 1. The maximum atomic E-state index is 12.1.